The zero-order chi connectivity index (χ0) is 31.6. The van der Waals surface area contributed by atoms with Crippen LogP contribution in [0.3, 0.4) is 0 Å². The zero-order valence-corrected chi connectivity index (χ0v) is 25.4. The number of rotatable bonds is 10. The summed E-state index contributed by atoms with van der Waals surface area (Å²) in [6.07, 6.45) is -1.19. The van der Waals surface area contributed by atoms with Crippen molar-refractivity contribution in [1.82, 2.24) is 24.8 Å². The van der Waals surface area contributed by atoms with E-state index in [0.29, 0.717) is 72.8 Å². The third kappa shape index (κ3) is 7.36. The Kier molecular flexibility index (Phi) is 9.51. The van der Waals surface area contributed by atoms with E-state index >= 15 is 4.39 Å². The Labute approximate surface area is 257 Å². The van der Waals surface area contributed by atoms with Gasteiger partial charge in [-0.15, -0.1) is 0 Å². The van der Waals surface area contributed by atoms with Gasteiger partial charge in [0.2, 0.25) is 5.82 Å². The van der Waals surface area contributed by atoms with Gasteiger partial charge in [-0.3, -0.25) is 14.6 Å². The van der Waals surface area contributed by atoms with Crippen LogP contribution in [0.1, 0.15) is 49.1 Å². The van der Waals surface area contributed by atoms with Gasteiger partial charge in [0.05, 0.1) is 17.7 Å². The second-order valence-electron chi connectivity index (χ2n) is 11.3. The molecular weight excluding hydrogens is 598 g/mol. The van der Waals surface area contributed by atoms with Gasteiger partial charge < -0.3 is 15.3 Å². The third-order valence-electron chi connectivity index (χ3n) is 8.07. The molecule has 9 nitrogen and oxygen atoms in total. The van der Waals surface area contributed by atoms with Gasteiger partial charge in [-0.25, -0.2) is 15.0 Å². The van der Waals surface area contributed by atoms with Crippen LogP contribution in [0.5, 0.6) is 0 Å². The van der Waals surface area contributed by atoms with Crippen LogP contribution in [-0.2, 0) is 17.5 Å². The van der Waals surface area contributed by atoms with Gasteiger partial charge in [-0.05, 0) is 57.0 Å². The predicted molar refractivity (Wildman–Crippen MR) is 163 cm³/mol. The molecule has 236 valence electrons. The highest BCUT2D eigenvalue weighted by molar-refractivity contribution is 7.16. The number of nitrogens with zero attached hydrogens (tertiary/aromatic N) is 6. The van der Waals surface area contributed by atoms with Crippen molar-refractivity contribution in [3.63, 3.8) is 0 Å². The molecule has 2 aromatic heterocycles. The lowest BCUT2D eigenvalue weighted by atomic mass is 9.99. The predicted octanol–water partition coefficient (Wildman–Crippen LogP) is 6.12. The molecule has 44 heavy (non-hydrogen) atoms. The minimum atomic E-state index is -4.55. The van der Waals surface area contributed by atoms with E-state index in [4.69, 9.17) is 5.11 Å². The maximum Gasteiger partial charge on any atom is 0.416 e. The molecule has 14 heteroatoms. The van der Waals surface area contributed by atoms with E-state index in [2.05, 4.69) is 38.7 Å². The number of aliphatic carboxylic acids is 1. The number of hydrogen-bond donors (Lipinski definition) is 2. The van der Waals surface area contributed by atoms with Crippen molar-refractivity contribution in [3.8, 4) is 11.3 Å². The number of carbonyl (C=O) groups is 1. The molecule has 0 bridgehead atoms. The number of allylic oxidation sites excluding steroid dienone is 1. The average molecular weight is 634 g/mol. The fourth-order valence-corrected chi connectivity index (χ4v) is 6.54. The summed E-state index contributed by atoms with van der Waals surface area (Å²) >= 11 is 1.26. The first-order valence-electron chi connectivity index (χ1n) is 14.5. The quantitative estimate of drug-likeness (QED) is 0.256. The van der Waals surface area contributed by atoms with Gasteiger partial charge in [0.1, 0.15) is 6.33 Å². The number of anilines is 3. The molecule has 0 spiro atoms. The molecule has 2 aliphatic rings. The monoisotopic (exact) mass is 633 g/mol. The Balaban J connectivity index is 1.44. The van der Waals surface area contributed by atoms with Crippen molar-refractivity contribution in [2.75, 3.05) is 49.5 Å². The normalized spacial score (nSPS) is 18.1. The van der Waals surface area contributed by atoms with E-state index in [0.717, 1.165) is 36.4 Å². The number of hydrogen-bond acceptors (Lipinski definition) is 9. The summed E-state index contributed by atoms with van der Waals surface area (Å²) in [6, 6.07) is 4.16. The third-order valence-corrected chi connectivity index (χ3v) is 9.03. The molecule has 0 saturated carbocycles. The molecule has 0 aliphatic carbocycles. The van der Waals surface area contributed by atoms with Crippen molar-refractivity contribution in [1.29, 1.82) is 0 Å². The average Bonchev–Trinajstić information content (AvgIpc) is 3.58. The number of thiazole rings is 1. The standard InChI is InChI=1S/C30H35F4N7O2S/c1-18(2)20-13-21(15-22(14-20)30(32,33)34)26-23(16-41-7-4-5-19(41)3)44-29(37-26)38-27-25(31)28(36-17-35-27)40-11-9-39(10-12-40)8-6-24(42)43/h13-15,17,19H,1,4-12,16H2,2-3H3,(H,42,43)(H,35,36,37,38)/t19-/m1/s1. The minimum Gasteiger partial charge on any atom is -0.481 e. The number of alkyl halides is 3. The van der Waals surface area contributed by atoms with E-state index in [1.54, 1.807) is 17.9 Å². The van der Waals surface area contributed by atoms with Gasteiger partial charge in [-0.2, -0.15) is 17.6 Å². The second kappa shape index (κ2) is 13.2. The molecular formula is C30H35F4N7O2S. The Morgan fingerprint density at radius 1 is 1.16 bits per heavy atom. The van der Waals surface area contributed by atoms with Crippen LogP contribution in [0.25, 0.3) is 16.8 Å². The highest BCUT2D eigenvalue weighted by Gasteiger charge is 2.32. The highest BCUT2D eigenvalue weighted by Crippen LogP contribution is 2.39. The molecule has 0 radical (unpaired) electrons. The largest absolute Gasteiger partial charge is 0.481 e. The number of carboxylic acid groups (broad SMARTS) is 1. The molecule has 0 amide bonds. The summed E-state index contributed by atoms with van der Waals surface area (Å²) in [5, 5.41) is 12.2. The van der Waals surface area contributed by atoms with Crippen molar-refractivity contribution < 1.29 is 27.5 Å². The van der Waals surface area contributed by atoms with Crippen LogP contribution >= 0.6 is 11.3 Å². The second-order valence-corrected chi connectivity index (χ2v) is 12.4. The molecule has 1 atom stereocenters. The van der Waals surface area contributed by atoms with Crippen molar-refractivity contribution in [2.45, 2.75) is 51.9 Å². The highest BCUT2D eigenvalue weighted by atomic mass is 32.1. The lowest BCUT2D eigenvalue weighted by Gasteiger charge is -2.35. The van der Waals surface area contributed by atoms with Gasteiger partial charge in [0.25, 0.3) is 0 Å². The molecule has 2 fully saturated rings. The van der Waals surface area contributed by atoms with Crippen LogP contribution in [0.15, 0.2) is 31.1 Å². The number of likely N-dealkylation sites (tertiary alicyclic amines) is 1. The lowest BCUT2D eigenvalue weighted by Crippen LogP contribution is -2.47. The van der Waals surface area contributed by atoms with E-state index in [1.165, 1.54) is 17.7 Å². The van der Waals surface area contributed by atoms with Crippen LogP contribution in [0.4, 0.5) is 34.3 Å². The smallest absolute Gasteiger partial charge is 0.416 e. The molecule has 3 aromatic rings. The summed E-state index contributed by atoms with van der Waals surface area (Å²) in [5.74, 6) is -1.50. The minimum absolute atomic E-state index is 0.0411. The SMILES string of the molecule is C=C(C)c1cc(-c2nc(Nc3ncnc(N4CCN(CCC(=O)O)CC4)c3F)sc2CN2CCC[C@H]2C)cc(C(F)(F)F)c1. The Bertz CT molecular complexity index is 1520. The van der Waals surface area contributed by atoms with Crippen molar-refractivity contribution in [3.05, 3.63) is 52.9 Å². The fourth-order valence-electron chi connectivity index (χ4n) is 5.53. The molecule has 0 unspecified atom stereocenters. The number of benzene rings is 1. The van der Waals surface area contributed by atoms with Crippen molar-refractivity contribution in [2.24, 2.45) is 0 Å². The molecule has 4 heterocycles. The van der Waals surface area contributed by atoms with Gasteiger partial charge in [-0.1, -0.05) is 23.5 Å². The molecule has 1 aromatic carbocycles. The van der Waals surface area contributed by atoms with E-state index in [9.17, 15) is 18.0 Å². The summed E-state index contributed by atoms with van der Waals surface area (Å²) in [5.41, 5.74) is 0.794. The fraction of sp³-hybridized carbons (Fsp3) is 0.467. The van der Waals surface area contributed by atoms with Gasteiger partial charge in [0.15, 0.2) is 16.8 Å². The Morgan fingerprint density at radius 2 is 1.91 bits per heavy atom. The maximum absolute atomic E-state index is 15.7. The van der Waals surface area contributed by atoms with Crippen LogP contribution in [0.2, 0.25) is 0 Å². The summed E-state index contributed by atoms with van der Waals surface area (Å²) in [7, 11) is 0. The van der Waals surface area contributed by atoms with E-state index in [-0.39, 0.29) is 18.1 Å². The number of nitrogens with one attached hydrogen (secondary N) is 1. The number of carboxylic acids is 1. The van der Waals surface area contributed by atoms with Gasteiger partial charge in [0, 0.05) is 55.8 Å². The summed E-state index contributed by atoms with van der Waals surface area (Å²) in [4.78, 5) is 30.7. The number of piperazine rings is 1. The first-order valence-corrected chi connectivity index (χ1v) is 15.3. The van der Waals surface area contributed by atoms with Crippen molar-refractivity contribution >= 4 is 39.6 Å². The molecule has 2 N–H and O–H groups in total. The number of aromatic nitrogens is 3. The van der Waals surface area contributed by atoms with Gasteiger partial charge >= 0.3 is 12.1 Å². The summed E-state index contributed by atoms with van der Waals surface area (Å²) < 4.78 is 57.4. The van der Waals surface area contributed by atoms with E-state index < -0.39 is 23.5 Å². The lowest BCUT2D eigenvalue weighted by molar-refractivity contribution is -0.138. The topological polar surface area (TPSA) is 97.7 Å². The molecule has 2 saturated heterocycles. The molecule has 5 rings (SSSR count). The first-order chi connectivity index (χ1) is 20.9. The van der Waals surface area contributed by atoms with E-state index in [1.807, 2.05) is 4.90 Å². The van der Waals surface area contributed by atoms with Crippen LogP contribution < -0.4 is 10.2 Å². The summed E-state index contributed by atoms with van der Waals surface area (Å²) in [6.45, 7) is 11.5. The van der Waals surface area contributed by atoms with Crippen LogP contribution in [0, 0.1) is 5.82 Å². The molecule has 2 aliphatic heterocycles. The zero-order valence-electron chi connectivity index (χ0n) is 24.6. The number of halogens is 4. The first kappa shape index (κ1) is 31.8. The Morgan fingerprint density at radius 3 is 2.55 bits per heavy atom. The maximum atomic E-state index is 15.7. The van der Waals surface area contributed by atoms with Crippen LogP contribution in [-0.4, -0.2) is 81.1 Å². The Hall–Kier alpha value is -3.62.